The largest absolute Gasteiger partial charge is 0.446 e. The van der Waals surface area contributed by atoms with Crippen molar-refractivity contribution in [1.82, 2.24) is 5.32 Å². The summed E-state index contributed by atoms with van der Waals surface area (Å²) < 4.78 is 5.37. The van der Waals surface area contributed by atoms with Crippen molar-refractivity contribution in [3.63, 3.8) is 0 Å². The van der Waals surface area contributed by atoms with E-state index in [1.54, 1.807) is 0 Å². The average Bonchev–Trinajstić information content (AvgIpc) is 2.58. The highest BCUT2D eigenvalue weighted by molar-refractivity contribution is 5.67. The molecule has 3 atom stereocenters. The van der Waals surface area contributed by atoms with Crippen LogP contribution < -0.4 is 11.1 Å². The third kappa shape index (κ3) is 5.95. The summed E-state index contributed by atoms with van der Waals surface area (Å²) >= 11 is 0. The molecule has 1 aliphatic carbocycles. The van der Waals surface area contributed by atoms with Gasteiger partial charge in [0.05, 0.1) is 0 Å². The summed E-state index contributed by atoms with van der Waals surface area (Å²) in [7, 11) is 0. The van der Waals surface area contributed by atoms with Crippen molar-refractivity contribution in [2.75, 3.05) is 13.1 Å². The molecule has 0 aromatic rings. The number of nitrogens with one attached hydrogen (secondary N) is 1. The van der Waals surface area contributed by atoms with Crippen LogP contribution in [0.3, 0.4) is 0 Å². The van der Waals surface area contributed by atoms with E-state index in [2.05, 4.69) is 25.2 Å². The number of amides is 1. The standard InChI is InChI=1S/C16H30N2O2/c1-4-14-10-12(2)6-5-7-15(14)11-13(3)20-16(19)18-9-8-17/h7,12-14H,4-6,8-11,17H2,1-3H3,(H,18,19)/t12-,13+,14+/m1/s1. The smallest absolute Gasteiger partial charge is 0.407 e. The number of nitrogens with two attached hydrogens (primary N) is 1. The Morgan fingerprint density at radius 1 is 1.60 bits per heavy atom. The second kappa shape index (κ2) is 9.01. The minimum Gasteiger partial charge on any atom is -0.446 e. The van der Waals surface area contributed by atoms with Crippen LogP contribution in [0.4, 0.5) is 4.79 Å². The minimum atomic E-state index is -0.362. The van der Waals surface area contributed by atoms with Crippen LogP contribution in [0.1, 0.15) is 52.9 Å². The van der Waals surface area contributed by atoms with Crippen LogP contribution >= 0.6 is 0 Å². The topological polar surface area (TPSA) is 64.3 Å². The van der Waals surface area contributed by atoms with Crippen LogP contribution in [0.2, 0.25) is 0 Å². The summed E-state index contributed by atoms with van der Waals surface area (Å²) in [6.45, 7) is 7.44. The van der Waals surface area contributed by atoms with E-state index in [0.717, 1.165) is 18.8 Å². The lowest BCUT2D eigenvalue weighted by Gasteiger charge is -2.22. The van der Waals surface area contributed by atoms with Crippen molar-refractivity contribution >= 4 is 6.09 Å². The Balaban J connectivity index is 2.48. The molecule has 0 spiro atoms. The van der Waals surface area contributed by atoms with Crippen LogP contribution in [0.15, 0.2) is 11.6 Å². The Bertz CT molecular complexity index is 328. The Hall–Kier alpha value is -1.03. The first-order chi connectivity index (χ1) is 9.56. The molecule has 116 valence electrons. The van der Waals surface area contributed by atoms with Crippen molar-refractivity contribution in [3.05, 3.63) is 11.6 Å². The number of carbonyl (C=O) groups is 1. The van der Waals surface area contributed by atoms with Gasteiger partial charge in [-0.3, -0.25) is 0 Å². The maximum absolute atomic E-state index is 11.5. The van der Waals surface area contributed by atoms with Crippen LogP contribution in [0, 0.1) is 11.8 Å². The van der Waals surface area contributed by atoms with Gasteiger partial charge in [0.1, 0.15) is 6.10 Å². The third-order valence-electron chi connectivity index (χ3n) is 4.02. The Labute approximate surface area is 123 Å². The third-order valence-corrected chi connectivity index (χ3v) is 4.02. The zero-order chi connectivity index (χ0) is 15.0. The highest BCUT2D eigenvalue weighted by Crippen LogP contribution is 2.32. The van der Waals surface area contributed by atoms with Gasteiger partial charge in [0.25, 0.3) is 0 Å². The zero-order valence-electron chi connectivity index (χ0n) is 13.2. The average molecular weight is 282 g/mol. The highest BCUT2D eigenvalue weighted by atomic mass is 16.6. The van der Waals surface area contributed by atoms with Gasteiger partial charge < -0.3 is 15.8 Å². The summed E-state index contributed by atoms with van der Waals surface area (Å²) in [5, 5.41) is 2.64. The predicted molar refractivity (Wildman–Crippen MR) is 82.5 cm³/mol. The molecule has 0 saturated carbocycles. The number of allylic oxidation sites excluding steroid dienone is 1. The van der Waals surface area contributed by atoms with Crippen molar-refractivity contribution in [1.29, 1.82) is 0 Å². The summed E-state index contributed by atoms with van der Waals surface area (Å²) in [6.07, 6.45) is 7.62. The van der Waals surface area contributed by atoms with Crippen molar-refractivity contribution < 1.29 is 9.53 Å². The molecule has 20 heavy (non-hydrogen) atoms. The van der Waals surface area contributed by atoms with Crippen LogP contribution in [0.5, 0.6) is 0 Å². The number of alkyl carbamates (subject to hydrolysis) is 1. The molecule has 0 radical (unpaired) electrons. The van der Waals surface area contributed by atoms with Crippen molar-refractivity contribution in [2.24, 2.45) is 17.6 Å². The second-order valence-corrected chi connectivity index (χ2v) is 5.94. The van der Waals surface area contributed by atoms with E-state index in [0.29, 0.717) is 19.0 Å². The molecular formula is C16H30N2O2. The van der Waals surface area contributed by atoms with Gasteiger partial charge in [0, 0.05) is 19.5 Å². The van der Waals surface area contributed by atoms with E-state index in [9.17, 15) is 4.79 Å². The number of rotatable bonds is 6. The van der Waals surface area contributed by atoms with Crippen LogP contribution in [0.25, 0.3) is 0 Å². The monoisotopic (exact) mass is 282 g/mol. The maximum Gasteiger partial charge on any atom is 0.407 e. The molecule has 0 saturated heterocycles. The Morgan fingerprint density at radius 3 is 3.00 bits per heavy atom. The van der Waals surface area contributed by atoms with Gasteiger partial charge >= 0.3 is 6.09 Å². The molecule has 0 aromatic carbocycles. The molecular weight excluding hydrogens is 252 g/mol. The summed E-state index contributed by atoms with van der Waals surface area (Å²) in [6, 6.07) is 0. The Morgan fingerprint density at radius 2 is 2.35 bits per heavy atom. The lowest BCUT2D eigenvalue weighted by molar-refractivity contribution is 0.105. The highest BCUT2D eigenvalue weighted by Gasteiger charge is 2.21. The number of hydrogen-bond acceptors (Lipinski definition) is 3. The molecule has 1 aliphatic rings. The molecule has 1 rings (SSSR count). The molecule has 0 fully saturated rings. The van der Waals surface area contributed by atoms with Gasteiger partial charge in [-0.15, -0.1) is 0 Å². The number of ether oxygens (including phenoxy) is 1. The van der Waals surface area contributed by atoms with Gasteiger partial charge in [-0.1, -0.05) is 25.5 Å². The lowest BCUT2D eigenvalue weighted by atomic mass is 9.86. The number of hydrogen-bond donors (Lipinski definition) is 2. The fraction of sp³-hybridized carbons (Fsp3) is 0.812. The van der Waals surface area contributed by atoms with E-state index < -0.39 is 0 Å². The van der Waals surface area contributed by atoms with Crippen molar-refractivity contribution in [3.8, 4) is 0 Å². The summed E-state index contributed by atoms with van der Waals surface area (Å²) in [5.41, 5.74) is 6.81. The predicted octanol–water partition coefficient (Wildman–Crippen LogP) is 3.22. The molecule has 0 aliphatic heterocycles. The SMILES string of the molecule is CC[C@H]1C[C@H](C)CCC=C1C[C@H](C)OC(=O)NCCN. The van der Waals surface area contributed by atoms with Gasteiger partial charge in [-0.05, 0) is 44.4 Å². The van der Waals surface area contributed by atoms with E-state index >= 15 is 0 Å². The van der Waals surface area contributed by atoms with Gasteiger partial charge in [0.2, 0.25) is 0 Å². The molecule has 0 aromatic heterocycles. The molecule has 3 N–H and O–H groups in total. The van der Waals surface area contributed by atoms with Gasteiger partial charge in [0.15, 0.2) is 0 Å². The molecule has 0 heterocycles. The fourth-order valence-electron chi connectivity index (χ4n) is 2.93. The molecule has 4 nitrogen and oxygen atoms in total. The van der Waals surface area contributed by atoms with Gasteiger partial charge in [-0.25, -0.2) is 4.79 Å². The molecule has 0 bridgehead atoms. The normalized spacial score (nSPS) is 24.5. The first kappa shape index (κ1) is 17.0. The van der Waals surface area contributed by atoms with E-state index in [1.165, 1.54) is 24.8 Å². The Kier molecular flexibility index (Phi) is 7.67. The van der Waals surface area contributed by atoms with Gasteiger partial charge in [-0.2, -0.15) is 0 Å². The maximum atomic E-state index is 11.5. The van der Waals surface area contributed by atoms with Crippen molar-refractivity contribution in [2.45, 2.75) is 59.0 Å². The van der Waals surface area contributed by atoms with Crippen LogP contribution in [-0.2, 0) is 4.74 Å². The molecule has 4 heteroatoms. The quantitative estimate of drug-likeness (QED) is 0.735. The molecule has 1 amide bonds. The minimum absolute atomic E-state index is 0.0820. The van der Waals surface area contributed by atoms with E-state index in [-0.39, 0.29) is 12.2 Å². The summed E-state index contributed by atoms with van der Waals surface area (Å²) in [5.74, 6) is 1.43. The molecule has 0 unspecified atom stereocenters. The number of carbonyl (C=O) groups excluding carboxylic acids is 1. The van der Waals surface area contributed by atoms with E-state index in [1.807, 2.05) is 6.92 Å². The van der Waals surface area contributed by atoms with Crippen LogP contribution in [-0.4, -0.2) is 25.3 Å². The first-order valence-corrected chi connectivity index (χ1v) is 7.90. The first-order valence-electron chi connectivity index (χ1n) is 7.90. The second-order valence-electron chi connectivity index (χ2n) is 5.94. The van der Waals surface area contributed by atoms with E-state index in [4.69, 9.17) is 10.5 Å². The summed E-state index contributed by atoms with van der Waals surface area (Å²) in [4.78, 5) is 11.5. The fourth-order valence-corrected chi connectivity index (χ4v) is 2.93. The lowest BCUT2D eigenvalue weighted by Crippen LogP contribution is -2.32. The zero-order valence-corrected chi connectivity index (χ0v) is 13.2.